The molecule has 0 fully saturated rings. The first-order chi connectivity index (χ1) is 12.2. The molecular weight excluding hydrogens is 318 g/mol. The number of hydrogen-bond donors (Lipinski definition) is 0. The summed E-state index contributed by atoms with van der Waals surface area (Å²) in [6, 6.07) is 19.5. The number of methoxy groups -OCH3 is 1. The van der Waals surface area contributed by atoms with E-state index in [9.17, 15) is 10.1 Å². The summed E-state index contributed by atoms with van der Waals surface area (Å²) >= 11 is 0. The molecule has 126 valence electrons. The van der Waals surface area contributed by atoms with E-state index in [0.29, 0.717) is 23.7 Å². The van der Waals surface area contributed by atoms with Crippen LogP contribution in [0.4, 0.5) is 0 Å². The first-order valence-corrected chi connectivity index (χ1v) is 7.76. The second-order valence-electron chi connectivity index (χ2n) is 5.44. The summed E-state index contributed by atoms with van der Waals surface area (Å²) < 4.78 is 11.3. The van der Waals surface area contributed by atoms with Gasteiger partial charge < -0.3 is 9.47 Å². The Morgan fingerprint density at radius 3 is 2.64 bits per heavy atom. The van der Waals surface area contributed by atoms with Crippen LogP contribution >= 0.6 is 0 Å². The highest BCUT2D eigenvalue weighted by atomic mass is 16.6. The molecule has 5 nitrogen and oxygen atoms in total. The van der Waals surface area contributed by atoms with Gasteiger partial charge in [0.1, 0.15) is 6.61 Å². The van der Waals surface area contributed by atoms with Gasteiger partial charge in [-0.1, -0.05) is 48.5 Å². The van der Waals surface area contributed by atoms with Crippen LogP contribution in [0.3, 0.4) is 0 Å². The van der Waals surface area contributed by atoms with Gasteiger partial charge in [0.05, 0.1) is 12.0 Å². The van der Waals surface area contributed by atoms with Crippen molar-refractivity contribution >= 4 is 16.8 Å². The molecule has 0 heterocycles. The smallest absolute Gasteiger partial charge is 0.235 e. The van der Waals surface area contributed by atoms with Crippen molar-refractivity contribution in [3.05, 3.63) is 88.1 Å². The summed E-state index contributed by atoms with van der Waals surface area (Å²) in [5.74, 6) is 1.12. The van der Waals surface area contributed by atoms with Gasteiger partial charge in [-0.15, -0.1) is 0 Å². The number of nitro groups is 1. The molecule has 0 bridgehead atoms. The van der Waals surface area contributed by atoms with Crippen molar-refractivity contribution in [3.8, 4) is 11.5 Å². The molecule has 0 saturated heterocycles. The summed E-state index contributed by atoms with van der Waals surface area (Å²) in [5, 5.41) is 12.7. The Labute approximate surface area is 145 Å². The molecule has 0 aromatic heterocycles. The van der Waals surface area contributed by atoms with E-state index in [2.05, 4.69) is 18.2 Å². The Hall–Kier alpha value is -3.34. The highest BCUT2D eigenvalue weighted by molar-refractivity contribution is 5.85. The molecule has 0 spiro atoms. The Morgan fingerprint density at radius 1 is 1.04 bits per heavy atom. The van der Waals surface area contributed by atoms with Gasteiger partial charge in [0, 0.05) is 6.08 Å². The molecule has 3 aromatic rings. The molecule has 0 atom stereocenters. The maximum absolute atomic E-state index is 10.4. The van der Waals surface area contributed by atoms with Crippen LogP contribution in [-0.2, 0) is 6.61 Å². The molecular formula is C20H17NO4. The normalized spacial score (nSPS) is 10.9. The lowest BCUT2D eigenvalue weighted by atomic mass is 10.1. The van der Waals surface area contributed by atoms with Gasteiger partial charge >= 0.3 is 0 Å². The third kappa shape index (κ3) is 3.95. The fourth-order valence-corrected chi connectivity index (χ4v) is 2.63. The predicted molar refractivity (Wildman–Crippen MR) is 97.3 cm³/mol. The monoisotopic (exact) mass is 335 g/mol. The van der Waals surface area contributed by atoms with Crippen molar-refractivity contribution in [2.45, 2.75) is 6.61 Å². The first kappa shape index (κ1) is 16.5. The van der Waals surface area contributed by atoms with Crippen molar-refractivity contribution in [1.29, 1.82) is 0 Å². The summed E-state index contributed by atoms with van der Waals surface area (Å²) in [4.78, 5) is 9.92. The van der Waals surface area contributed by atoms with Gasteiger partial charge in [-0.05, 0) is 34.0 Å². The topological polar surface area (TPSA) is 61.6 Å². The maximum Gasteiger partial charge on any atom is 0.235 e. The Kier molecular flexibility index (Phi) is 4.95. The number of ether oxygens (including phenoxy) is 2. The van der Waals surface area contributed by atoms with Crippen LogP contribution in [0.1, 0.15) is 11.1 Å². The largest absolute Gasteiger partial charge is 0.493 e. The van der Waals surface area contributed by atoms with Gasteiger partial charge in [0.15, 0.2) is 11.5 Å². The van der Waals surface area contributed by atoms with Crippen molar-refractivity contribution < 1.29 is 14.4 Å². The fraction of sp³-hybridized carbons (Fsp3) is 0.100. The van der Waals surface area contributed by atoms with Gasteiger partial charge in [0.2, 0.25) is 6.20 Å². The summed E-state index contributed by atoms with van der Waals surface area (Å²) in [7, 11) is 1.54. The Bertz CT molecular complexity index is 929. The van der Waals surface area contributed by atoms with Crippen LogP contribution in [0.25, 0.3) is 16.8 Å². The molecule has 0 N–H and O–H groups in total. The molecule has 0 amide bonds. The van der Waals surface area contributed by atoms with Gasteiger partial charge in [-0.25, -0.2) is 0 Å². The van der Waals surface area contributed by atoms with Crippen molar-refractivity contribution in [2.75, 3.05) is 7.11 Å². The minimum atomic E-state index is -0.503. The molecule has 3 aromatic carbocycles. The molecule has 0 aliphatic rings. The van der Waals surface area contributed by atoms with E-state index in [1.165, 1.54) is 6.08 Å². The first-order valence-electron chi connectivity index (χ1n) is 7.76. The average molecular weight is 335 g/mol. The molecule has 3 rings (SSSR count). The van der Waals surface area contributed by atoms with Gasteiger partial charge in [-0.2, -0.15) is 0 Å². The van der Waals surface area contributed by atoms with E-state index in [0.717, 1.165) is 22.5 Å². The van der Waals surface area contributed by atoms with Crippen LogP contribution in [0, 0.1) is 10.1 Å². The second kappa shape index (κ2) is 7.49. The number of fused-ring (bicyclic) bond motifs is 1. The van der Waals surface area contributed by atoms with E-state index >= 15 is 0 Å². The number of rotatable bonds is 6. The van der Waals surface area contributed by atoms with E-state index in [4.69, 9.17) is 9.47 Å². The van der Waals surface area contributed by atoms with E-state index in [-0.39, 0.29) is 0 Å². The van der Waals surface area contributed by atoms with Crippen molar-refractivity contribution in [3.63, 3.8) is 0 Å². The molecule has 0 aliphatic heterocycles. The van der Waals surface area contributed by atoms with Crippen LogP contribution in [0.15, 0.2) is 66.9 Å². The molecule has 25 heavy (non-hydrogen) atoms. The summed E-state index contributed by atoms with van der Waals surface area (Å²) in [6.07, 6.45) is 2.31. The quantitative estimate of drug-likeness (QED) is 0.485. The number of hydrogen-bond acceptors (Lipinski definition) is 4. The zero-order valence-corrected chi connectivity index (χ0v) is 13.7. The molecule has 5 heteroatoms. The predicted octanol–water partition coefficient (Wildman–Crippen LogP) is 4.67. The second-order valence-corrected chi connectivity index (χ2v) is 5.44. The van der Waals surface area contributed by atoms with Crippen LogP contribution in [-0.4, -0.2) is 12.0 Å². The Morgan fingerprint density at radius 2 is 1.84 bits per heavy atom. The minimum Gasteiger partial charge on any atom is -0.493 e. The molecule has 0 radical (unpaired) electrons. The highest BCUT2D eigenvalue weighted by Crippen LogP contribution is 2.30. The molecule has 0 saturated carbocycles. The lowest BCUT2D eigenvalue weighted by molar-refractivity contribution is -0.400. The van der Waals surface area contributed by atoms with Gasteiger partial charge in [-0.3, -0.25) is 10.1 Å². The lowest BCUT2D eigenvalue weighted by Crippen LogP contribution is -1.98. The van der Waals surface area contributed by atoms with Crippen LogP contribution < -0.4 is 9.47 Å². The third-order valence-electron chi connectivity index (χ3n) is 3.84. The summed E-state index contributed by atoms with van der Waals surface area (Å²) in [5.41, 5.74) is 1.75. The fourth-order valence-electron chi connectivity index (χ4n) is 2.63. The van der Waals surface area contributed by atoms with E-state index in [1.807, 2.05) is 24.3 Å². The average Bonchev–Trinajstić information content (AvgIpc) is 2.64. The Balaban J connectivity index is 1.81. The van der Waals surface area contributed by atoms with E-state index in [1.54, 1.807) is 25.3 Å². The SMILES string of the molecule is COc1cc(/C=C/[N+](=O)[O-])ccc1OCc1cccc2ccccc12. The highest BCUT2D eigenvalue weighted by Gasteiger charge is 2.07. The van der Waals surface area contributed by atoms with Gasteiger partial charge in [0.25, 0.3) is 0 Å². The van der Waals surface area contributed by atoms with Crippen molar-refractivity contribution in [1.82, 2.24) is 0 Å². The van der Waals surface area contributed by atoms with E-state index < -0.39 is 4.92 Å². The maximum atomic E-state index is 10.4. The lowest BCUT2D eigenvalue weighted by Gasteiger charge is -2.12. The standard InChI is InChI=1S/C20H17NO4/c1-24-20-13-15(11-12-21(22)23)9-10-19(20)25-14-17-7-4-6-16-5-2-3-8-18(16)17/h2-13H,14H2,1H3/b12-11+. The van der Waals surface area contributed by atoms with Crippen molar-refractivity contribution in [2.24, 2.45) is 0 Å². The number of benzene rings is 3. The zero-order valence-electron chi connectivity index (χ0n) is 13.7. The molecule has 0 aliphatic carbocycles. The summed E-state index contributed by atoms with van der Waals surface area (Å²) in [6.45, 7) is 0.405. The third-order valence-corrected chi connectivity index (χ3v) is 3.84. The number of nitrogens with zero attached hydrogens (tertiary/aromatic N) is 1. The minimum absolute atomic E-state index is 0.405. The van der Waals surface area contributed by atoms with Crippen LogP contribution in [0.2, 0.25) is 0 Å². The van der Waals surface area contributed by atoms with Crippen LogP contribution in [0.5, 0.6) is 11.5 Å². The molecule has 0 unspecified atom stereocenters. The zero-order chi connectivity index (χ0) is 17.6.